The standard InChI is InChI=1S/C11H16N8S/c1-13-8-6-9(15-10(12)14-8)20-11-16-17-18-19(11)7-4-2-3-5-7/h6-7H,2-5H2,1H3,(H3,12,13,14,15). The normalized spacial score (nSPS) is 15.7. The van der Waals surface area contributed by atoms with Gasteiger partial charge in [0.05, 0.1) is 6.04 Å². The van der Waals surface area contributed by atoms with Crippen LogP contribution in [0.1, 0.15) is 31.7 Å². The molecule has 0 unspecified atom stereocenters. The molecule has 0 radical (unpaired) electrons. The molecule has 3 rings (SSSR count). The van der Waals surface area contributed by atoms with Crippen LogP contribution in [0.4, 0.5) is 11.8 Å². The third-order valence-corrected chi connectivity index (χ3v) is 4.17. The topological polar surface area (TPSA) is 107 Å². The van der Waals surface area contributed by atoms with Crippen molar-refractivity contribution in [1.82, 2.24) is 30.2 Å². The van der Waals surface area contributed by atoms with Gasteiger partial charge >= 0.3 is 0 Å². The van der Waals surface area contributed by atoms with Crippen molar-refractivity contribution in [2.45, 2.75) is 41.9 Å². The molecule has 2 heterocycles. The molecule has 0 bridgehead atoms. The average Bonchev–Trinajstić information content (AvgIpc) is 3.08. The third kappa shape index (κ3) is 2.67. The highest BCUT2D eigenvalue weighted by Gasteiger charge is 2.22. The van der Waals surface area contributed by atoms with Gasteiger partial charge in [-0.2, -0.15) is 4.98 Å². The first kappa shape index (κ1) is 13.1. The number of nitrogen functional groups attached to an aromatic ring is 1. The lowest BCUT2D eigenvalue weighted by atomic mass is 10.3. The average molecular weight is 292 g/mol. The molecule has 0 aromatic carbocycles. The van der Waals surface area contributed by atoms with Gasteiger partial charge in [-0.05, 0) is 35.0 Å². The molecule has 0 saturated heterocycles. The molecule has 9 heteroatoms. The molecule has 106 valence electrons. The van der Waals surface area contributed by atoms with Crippen molar-refractivity contribution in [3.05, 3.63) is 6.07 Å². The predicted octanol–water partition coefficient (Wildman–Crippen LogP) is 1.35. The maximum absolute atomic E-state index is 5.69. The van der Waals surface area contributed by atoms with Gasteiger partial charge in [0.15, 0.2) is 0 Å². The number of nitrogens with two attached hydrogens (primary N) is 1. The maximum atomic E-state index is 5.69. The van der Waals surface area contributed by atoms with E-state index in [-0.39, 0.29) is 5.95 Å². The lowest BCUT2D eigenvalue weighted by Crippen LogP contribution is -2.08. The van der Waals surface area contributed by atoms with E-state index in [0.717, 1.165) is 23.0 Å². The van der Waals surface area contributed by atoms with Crippen LogP contribution in [-0.2, 0) is 0 Å². The summed E-state index contributed by atoms with van der Waals surface area (Å²) in [5, 5.41) is 16.4. The smallest absolute Gasteiger partial charge is 0.223 e. The van der Waals surface area contributed by atoms with E-state index in [1.54, 1.807) is 7.05 Å². The van der Waals surface area contributed by atoms with E-state index in [2.05, 4.69) is 30.8 Å². The van der Waals surface area contributed by atoms with E-state index >= 15 is 0 Å². The first-order valence-corrected chi connectivity index (χ1v) is 7.36. The van der Waals surface area contributed by atoms with Crippen LogP contribution in [0.3, 0.4) is 0 Å². The number of anilines is 2. The number of nitrogens with zero attached hydrogens (tertiary/aromatic N) is 6. The summed E-state index contributed by atoms with van der Waals surface area (Å²) in [7, 11) is 1.79. The van der Waals surface area contributed by atoms with Gasteiger partial charge in [0.1, 0.15) is 10.8 Å². The van der Waals surface area contributed by atoms with Gasteiger partial charge in [-0.3, -0.25) is 0 Å². The lowest BCUT2D eigenvalue weighted by molar-refractivity contribution is 0.423. The van der Waals surface area contributed by atoms with Crippen molar-refractivity contribution in [1.29, 1.82) is 0 Å². The quantitative estimate of drug-likeness (QED) is 0.813. The van der Waals surface area contributed by atoms with Crippen LogP contribution in [0.15, 0.2) is 16.2 Å². The molecule has 2 aromatic heterocycles. The minimum Gasteiger partial charge on any atom is -0.373 e. The molecule has 1 fully saturated rings. The van der Waals surface area contributed by atoms with Gasteiger partial charge < -0.3 is 11.1 Å². The maximum Gasteiger partial charge on any atom is 0.223 e. The second-order valence-corrected chi connectivity index (χ2v) is 5.63. The monoisotopic (exact) mass is 292 g/mol. The fourth-order valence-electron chi connectivity index (χ4n) is 2.35. The van der Waals surface area contributed by atoms with Gasteiger partial charge in [-0.15, -0.1) is 5.10 Å². The van der Waals surface area contributed by atoms with Crippen molar-refractivity contribution in [2.75, 3.05) is 18.1 Å². The molecular weight excluding hydrogens is 276 g/mol. The van der Waals surface area contributed by atoms with Gasteiger partial charge in [0.25, 0.3) is 0 Å². The molecule has 0 amide bonds. The molecule has 3 N–H and O–H groups in total. The van der Waals surface area contributed by atoms with Crippen molar-refractivity contribution in [3.8, 4) is 0 Å². The zero-order valence-electron chi connectivity index (χ0n) is 11.2. The molecule has 0 atom stereocenters. The molecular formula is C11H16N8S. The highest BCUT2D eigenvalue weighted by atomic mass is 32.2. The summed E-state index contributed by atoms with van der Waals surface area (Å²) in [6.07, 6.45) is 4.73. The van der Waals surface area contributed by atoms with Crippen LogP contribution in [0.5, 0.6) is 0 Å². The van der Waals surface area contributed by atoms with Crippen LogP contribution >= 0.6 is 11.8 Å². The SMILES string of the molecule is CNc1cc(Sc2nnnn2C2CCCC2)nc(N)n1. The summed E-state index contributed by atoms with van der Waals surface area (Å²) in [6, 6.07) is 2.23. The van der Waals surface area contributed by atoms with E-state index < -0.39 is 0 Å². The largest absolute Gasteiger partial charge is 0.373 e. The Hall–Kier alpha value is -1.90. The van der Waals surface area contributed by atoms with Crippen molar-refractivity contribution in [3.63, 3.8) is 0 Å². The molecule has 1 saturated carbocycles. The Morgan fingerprint density at radius 1 is 1.35 bits per heavy atom. The van der Waals surface area contributed by atoms with Crippen molar-refractivity contribution >= 4 is 23.5 Å². The number of hydrogen-bond acceptors (Lipinski definition) is 8. The van der Waals surface area contributed by atoms with Gasteiger partial charge in [0.2, 0.25) is 11.1 Å². The number of hydrogen-bond donors (Lipinski definition) is 2. The Balaban J connectivity index is 1.84. The number of aromatic nitrogens is 6. The van der Waals surface area contributed by atoms with Crippen LogP contribution in [0.25, 0.3) is 0 Å². The summed E-state index contributed by atoms with van der Waals surface area (Å²) in [6.45, 7) is 0. The second-order valence-electron chi connectivity index (χ2n) is 4.65. The zero-order valence-corrected chi connectivity index (χ0v) is 12.0. The van der Waals surface area contributed by atoms with Gasteiger partial charge in [-0.25, -0.2) is 9.67 Å². The predicted molar refractivity (Wildman–Crippen MR) is 75.4 cm³/mol. The Bertz CT molecular complexity index is 592. The summed E-state index contributed by atoms with van der Waals surface area (Å²) < 4.78 is 1.90. The summed E-state index contributed by atoms with van der Waals surface area (Å²) >= 11 is 1.41. The minimum absolute atomic E-state index is 0.235. The summed E-state index contributed by atoms with van der Waals surface area (Å²) in [5.74, 6) is 0.916. The van der Waals surface area contributed by atoms with E-state index in [4.69, 9.17) is 5.73 Å². The molecule has 2 aromatic rings. The Labute approximate surface area is 120 Å². The second kappa shape index (κ2) is 5.61. The molecule has 0 aliphatic heterocycles. The highest BCUT2D eigenvalue weighted by Crippen LogP contribution is 2.33. The van der Waals surface area contributed by atoms with Crippen molar-refractivity contribution in [2.24, 2.45) is 0 Å². The van der Waals surface area contributed by atoms with Gasteiger partial charge in [0, 0.05) is 13.1 Å². The molecule has 20 heavy (non-hydrogen) atoms. The van der Waals surface area contributed by atoms with Crippen molar-refractivity contribution < 1.29 is 0 Å². The first-order chi connectivity index (χ1) is 9.76. The van der Waals surface area contributed by atoms with E-state index in [9.17, 15) is 0 Å². The number of rotatable bonds is 4. The van der Waals surface area contributed by atoms with Crippen LogP contribution < -0.4 is 11.1 Å². The third-order valence-electron chi connectivity index (χ3n) is 3.31. The molecule has 1 aliphatic carbocycles. The Morgan fingerprint density at radius 3 is 2.90 bits per heavy atom. The molecule has 0 spiro atoms. The van der Waals surface area contributed by atoms with E-state index in [1.807, 2.05) is 10.7 Å². The zero-order chi connectivity index (χ0) is 13.9. The summed E-state index contributed by atoms with van der Waals surface area (Å²) in [4.78, 5) is 8.27. The first-order valence-electron chi connectivity index (χ1n) is 6.54. The lowest BCUT2D eigenvalue weighted by Gasteiger charge is -2.10. The Kier molecular flexibility index (Phi) is 3.68. The number of nitrogens with one attached hydrogen (secondary N) is 1. The molecule has 1 aliphatic rings. The fraction of sp³-hybridized carbons (Fsp3) is 0.545. The van der Waals surface area contributed by atoms with E-state index in [0.29, 0.717) is 11.9 Å². The Morgan fingerprint density at radius 2 is 2.15 bits per heavy atom. The minimum atomic E-state index is 0.235. The van der Waals surface area contributed by atoms with Crippen LogP contribution in [0.2, 0.25) is 0 Å². The van der Waals surface area contributed by atoms with Gasteiger partial charge in [-0.1, -0.05) is 12.8 Å². The number of tetrazole rings is 1. The van der Waals surface area contributed by atoms with Crippen LogP contribution in [0, 0.1) is 0 Å². The van der Waals surface area contributed by atoms with E-state index in [1.165, 1.54) is 24.6 Å². The highest BCUT2D eigenvalue weighted by molar-refractivity contribution is 7.99. The fourth-order valence-corrected chi connectivity index (χ4v) is 3.20. The molecule has 8 nitrogen and oxygen atoms in total. The van der Waals surface area contributed by atoms with Crippen LogP contribution in [-0.4, -0.2) is 37.2 Å². The summed E-state index contributed by atoms with van der Waals surface area (Å²) in [5.41, 5.74) is 5.69.